The zero-order valence-corrected chi connectivity index (χ0v) is 16.9. The average Bonchev–Trinajstić information content (AvgIpc) is 3.13. The summed E-state index contributed by atoms with van der Waals surface area (Å²) in [6, 6.07) is 9.07. The Morgan fingerprint density at radius 2 is 1.79 bits per heavy atom. The number of rotatable bonds is 8. The lowest BCUT2D eigenvalue weighted by atomic mass is 10.1. The second-order valence-corrected chi connectivity index (χ2v) is 6.97. The number of aliphatic hydroxyl groups is 2. The van der Waals surface area contributed by atoms with Crippen LogP contribution < -0.4 is 11.2 Å². The monoisotopic (exact) mass is 401 g/mol. The van der Waals surface area contributed by atoms with Crippen molar-refractivity contribution in [3.8, 4) is 0 Å². The predicted octanol–water partition coefficient (Wildman–Crippen LogP) is -0.170. The van der Waals surface area contributed by atoms with Gasteiger partial charge in [-0.1, -0.05) is 37.3 Å². The van der Waals surface area contributed by atoms with Crippen molar-refractivity contribution in [3.05, 3.63) is 62.6 Å². The van der Waals surface area contributed by atoms with E-state index in [1.165, 1.54) is 11.6 Å². The van der Waals surface area contributed by atoms with Gasteiger partial charge in [-0.15, -0.1) is 0 Å². The summed E-state index contributed by atoms with van der Waals surface area (Å²) in [5, 5.41) is 20.2. The number of aliphatic hydroxyl groups excluding tert-OH is 2. The number of fused-ring (bicyclic) bond motifs is 1. The van der Waals surface area contributed by atoms with E-state index in [1.54, 1.807) is 23.7 Å². The highest BCUT2D eigenvalue weighted by Gasteiger charge is 2.24. The van der Waals surface area contributed by atoms with E-state index in [1.807, 2.05) is 30.0 Å². The molecular formula is C20H27N5O4. The van der Waals surface area contributed by atoms with E-state index in [2.05, 4.69) is 4.98 Å². The minimum absolute atomic E-state index is 0.0360. The minimum Gasteiger partial charge on any atom is -0.395 e. The van der Waals surface area contributed by atoms with E-state index in [0.717, 1.165) is 11.1 Å². The van der Waals surface area contributed by atoms with Gasteiger partial charge in [-0.2, -0.15) is 0 Å². The highest BCUT2D eigenvalue weighted by Crippen LogP contribution is 2.24. The second kappa shape index (κ2) is 8.73. The number of aryl methyl sites for hydroxylation is 1. The molecule has 2 N–H and O–H groups in total. The summed E-state index contributed by atoms with van der Waals surface area (Å²) < 4.78 is 4.05. The Morgan fingerprint density at radius 1 is 1.10 bits per heavy atom. The van der Waals surface area contributed by atoms with Crippen molar-refractivity contribution >= 4 is 11.2 Å². The molecule has 2 heterocycles. The fourth-order valence-electron chi connectivity index (χ4n) is 3.49. The molecule has 0 amide bonds. The lowest BCUT2D eigenvalue weighted by molar-refractivity contribution is 0.188. The van der Waals surface area contributed by atoms with Crippen LogP contribution in [0.5, 0.6) is 0 Å². The first kappa shape index (κ1) is 21.0. The first-order valence-electron chi connectivity index (χ1n) is 9.63. The third-order valence-corrected chi connectivity index (χ3v) is 5.24. The van der Waals surface area contributed by atoms with Gasteiger partial charge in [0.05, 0.1) is 6.61 Å². The molecule has 9 nitrogen and oxygen atoms in total. The van der Waals surface area contributed by atoms with Crippen LogP contribution in [0.2, 0.25) is 0 Å². The number of aromatic nitrogens is 4. The largest absolute Gasteiger partial charge is 0.395 e. The first-order valence-corrected chi connectivity index (χ1v) is 9.63. The van der Waals surface area contributed by atoms with Crippen molar-refractivity contribution in [3.63, 3.8) is 0 Å². The molecule has 0 aliphatic heterocycles. The molecule has 3 rings (SSSR count). The van der Waals surface area contributed by atoms with Crippen LogP contribution in [-0.4, -0.2) is 60.0 Å². The summed E-state index contributed by atoms with van der Waals surface area (Å²) in [6.07, 6.45) is -1.05. The fraction of sp³-hybridized carbons (Fsp3) is 0.450. The molecule has 0 aliphatic carbocycles. The van der Waals surface area contributed by atoms with Gasteiger partial charge < -0.3 is 14.8 Å². The van der Waals surface area contributed by atoms with E-state index >= 15 is 0 Å². The quantitative estimate of drug-likeness (QED) is 0.543. The van der Waals surface area contributed by atoms with Crippen LogP contribution >= 0.6 is 0 Å². The molecule has 0 saturated heterocycles. The molecule has 1 atom stereocenters. The van der Waals surface area contributed by atoms with E-state index < -0.39 is 17.4 Å². The molecule has 0 fully saturated rings. The summed E-state index contributed by atoms with van der Waals surface area (Å²) in [7, 11) is 2.99. The molecule has 0 unspecified atom stereocenters. The van der Waals surface area contributed by atoms with Gasteiger partial charge in [0.1, 0.15) is 11.9 Å². The molecule has 0 radical (unpaired) electrons. The maximum absolute atomic E-state index is 12.9. The lowest BCUT2D eigenvalue weighted by Crippen LogP contribution is -2.38. The van der Waals surface area contributed by atoms with E-state index in [0.29, 0.717) is 31.0 Å². The maximum atomic E-state index is 12.9. The van der Waals surface area contributed by atoms with E-state index in [-0.39, 0.29) is 17.8 Å². The van der Waals surface area contributed by atoms with Crippen LogP contribution in [0.4, 0.5) is 0 Å². The van der Waals surface area contributed by atoms with Crippen LogP contribution in [0.3, 0.4) is 0 Å². The molecule has 2 aromatic heterocycles. The molecule has 0 saturated carbocycles. The Hall–Kier alpha value is -2.75. The highest BCUT2D eigenvalue weighted by atomic mass is 16.3. The van der Waals surface area contributed by atoms with Crippen molar-refractivity contribution in [2.75, 3.05) is 26.2 Å². The summed E-state index contributed by atoms with van der Waals surface area (Å²) in [5.41, 5.74) is 0.247. The third kappa shape index (κ3) is 3.89. The number of hydrogen-bond donors (Lipinski definition) is 2. The molecule has 9 heteroatoms. The maximum Gasteiger partial charge on any atom is 0.332 e. The van der Waals surface area contributed by atoms with Gasteiger partial charge in [0.25, 0.3) is 5.56 Å². The number of benzene rings is 1. The smallest absolute Gasteiger partial charge is 0.332 e. The van der Waals surface area contributed by atoms with Crippen molar-refractivity contribution in [1.82, 2.24) is 23.6 Å². The second-order valence-electron chi connectivity index (χ2n) is 6.97. The van der Waals surface area contributed by atoms with E-state index in [9.17, 15) is 19.8 Å². The zero-order chi connectivity index (χ0) is 21.1. The highest BCUT2D eigenvalue weighted by molar-refractivity contribution is 5.71. The number of likely N-dealkylation sites (N-methyl/N-ethyl adjacent to an activating group) is 1. The summed E-state index contributed by atoms with van der Waals surface area (Å²) in [5.74, 6) is 0.310. The summed E-state index contributed by atoms with van der Waals surface area (Å²) >= 11 is 0. The molecule has 3 aromatic rings. The van der Waals surface area contributed by atoms with Gasteiger partial charge in [-0.25, -0.2) is 9.78 Å². The van der Waals surface area contributed by atoms with Crippen molar-refractivity contribution in [2.45, 2.75) is 19.6 Å². The van der Waals surface area contributed by atoms with Gasteiger partial charge in [0.15, 0.2) is 11.2 Å². The molecule has 29 heavy (non-hydrogen) atoms. The Kier molecular flexibility index (Phi) is 6.31. The Balaban J connectivity index is 2.19. The normalized spacial score (nSPS) is 12.8. The van der Waals surface area contributed by atoms with Crippen LogP contribution in [0.1, 0.15) is 24.4 Å². The van der Waals surface area contributed by atoms with Gasteiger partial charge in [-0.05, 0) is 12.1 Å². The van der Waals surface area contributed by atoms with E-state index in [4.69, 9.17) is 0 Å². The van der Waals surface area contributed by atoms with Gasteiger partial charge >= 0.3 is 5.69 Å². The molecule has 1 aromatic carbocycles. The first-order chi connectivity index (χ1) is 13.9. The molecular weight excluding hydrogens is 374 g/mol. The zero-order valence-electron chi connectivity index (χ0n) is 16.9. The third-order valence-electron chi connectivity index (χ3n) is 5.24. The number of hydrogen-bond acceptors (Lipinski definition) is 6. The van der Waals surface area contributed by atoms with Crippen LogP contribution in [0.15, 0.2) is 39.9 Å². The Labute approximate surface area is 168 Å². The van der Waals surface area contributed by atoms with Gasteiger partial charge in [0, 0.05) is 33.7 Å². The fourth-order valence-corrected chi connectivity index (χ4v) is 3.49. The number of imidazole rings is 1. The Morgan fingerprint density at radius 3 is 2.41 bits per heavy atom. The Bertz CT molecular complexity index is 1100. The van der Waals surface area contributed by atoms with Crippen molar-refractivity contribution in [1.29, 1.82) is 0 Å². The molecule has 156 valence electrons. The average molecular weight is 401 g/mol. The van der Waals surface area contributed by atoms with Gasteiger partial charge in [-0.3, -0.25) is 18.8 Å². The van der Waals surface area contributed by atoms with Crippen LogP contribution in [0.25, 0.3) is 11.2 Å². The molecule has 0 aliphatic rings. The number of nitrogens with zero attached hydrogens (tertiary/aromatic N) is 5. The lowest BCUT2D eigenvalue weighted by Gasteiger charge is -2.21. The van der Waals surface area contributed by atoms with Gasteiger partial charge in [0.2, 0.25) is 0 Å². The summed E-state index contributed by atoms with van der Waals surface area (Å²) in [6.45, 7) is 4.22. The summed E-state index contributed by atoms with van der Waals surface area (Å²) in [4.78, 5) is 31.8. The van der Waals surface area contributed by atoms with Crippen molar-refractivity contribution < 1.29 is 10.2 Å². The predicted molar refractivity (Wildman–Crippen MR) is 110 cm³/mol. The van der Waals surface area contributed by atoms with Crippen molar-refractivity contribution in [2.24, 2.45) is 14.1 Å². The molecule has 0 bridgehead atoms. The minimum atomic E-state index is -1.05. The SMILES string of the molecule is CCN(CCO)CCn1c([C@@H](O)c2ccccc2)nc2c1c(=O)n(C)c(=O)n2C. The topological polar surface area (TPSA) is 106 Å². The standard InChI is InChI=1S/C20H27N5O4/c1-4-24(12-13-26)10-11-25-15-17(22(2)20(29)23(3)19(15)28)21-18(25)16(27)14-8-6-5-7-9-14/h5-9,16,26-27H,4,10-13H2,1-3H3/t16-/m0/s1. The van der Waals surface area contributed by atoms with Crippen LogP contribution in [-0.2, 0) is 20.6 Å². The van der Waals surface area contributed by atoms with Crippen LogP contribution in [0, 0.1) is 0 Å². The molecule has 0 spiro atoms.